The van der Waals surface area contributed by atoms with Crippen LogP contribution in [-0.4, -0.2) is 24.5 Å². The minimum atomic E-state index is -4.47. The first-order chi connectivity index (χ1) is 13.3. The number of halogens is 3. The first-order valence-corrected chi connectivity index (χ1v) is 8.53. The van der Waals surface area contributed by atoms with Gasteiger partial charge in [0.05, 0.1) is 6.42 Å². The first kappa shape index (κ1) is 19.4. The van der Waals surface area contributed by atoms with E-state index in [1.807, 2.05) is 42.5 Å². The van der Waals surface area contributed by atoms with E-state index in [9.17, 15) is 22.8 Å². The largest absolute Gasteiger partial charge is 0.405 e. The normalized spacial score (nSPS) is 11.2. The predicted molar refractivity (Wildman–Crippen MR) is 101 cm³/mol. The van der Waals surface area contributed by atoms with Gasteiger partial charge in [0.15, 0.2) is 0 Å². The van der Waals surface area contributed by atoms with Crippen LogP contribution in [0.4, 0.5) is 18.9 Å². The van der Waals surface area contributed by atoms with Crippen molar-refractivity contribution in [2.75, 3.05) is 11.9 Å². The highest BCUT2D eigenvalue weighted by Crippen LogP contribution is 2.17. The van der Waals surface area contributed by atoms with Crippen LogP contribution in [0.5, 0.6) is 0 Å². The third-order valence-corrected chi connectivity index (χ3v) is 4.06. The Morgan fingerprint density at radius 2 is 1.54 bits per heavy atom. The van der Waals surface area contributed by atoms with Gasteiger partial charge in [-0.15, -0.1) is 0 Å². The van der Waals surface area contributed by atoms with Crippen molar-refractivity contribution >= 4 is 28.3 Å². The number of hydrogen-bond acceptors (Lipinski definition) is 2. The van der Waals surface area contributed by atoms with Gasteiger partial charge in [0, 0.05) is 11.3 Å². The van der Waals surface area contributed by atoms with E-state index in [2.05, 4.69) is 5.32 Å². The number of amides is 2. The highest BCUT2D eigenvalue weighted by molar-refractivity contribution is 5.96. The quantitative estimate of drug-likeness (QED) is 0.686. The summed E-state index contributed by atoms with van der Waals surface area (Å²) < 4.78 is 36.4. The summed E-state index contributed by atoms with van der Waals surface area (Å²) in [7, 11) is 0. The SMILES string of the molecule is O=C(Cc1ccc2ccccc2c1)Nc1ccc(C(=O)NCC(F)(F)F)cc1. The van der Waals surface area contributed by atoms with E-state index in [0.29, 0.717) is 5.69 Å². The van der Waals surface area contributed by atoms with Gasteiger partial charge < -0.3 is 10.6 Å². The average Bonchev–Trinajstić information content (AvgIpc) is 2.66. The lowest BCUT2D eigenvalue weighted by Gasteiger charge is -2.09. The molecule has 144 valence electrons. The summed E-state index contributed by atoms with van der Waals surface area (Å²) in [4.78, 5) is 23.9. The summed E-state index contributed by atoms with van der Waals surface area (Å²) in [5.74, 6) is -1.06. The summed E-state index contributed by atoms with van der Waals surface area (Å²) in [5.41, 5.74) is 1.40. The molecule has 0 aromatic heterocycles. The molecule has 0 saturated heterocycles. The number of anilines is 1. The summed E-state index contributed by atoms with van der Waals surface area (Å²) in [6.45, 7) is -1.39. The highest BCUT2D eigenvalue weighted by Gasteiger charge is 2.27. The molecule has 3 aromatic carbocycles. The van der Waals surface area contributed by atoms with Crippen LogP contribution in [-0.2, 0) is 11.2 Å². The van der Waals surface area contributed by atoms with Crippen molar-refractivity contribution in [2.24, 2.45) is 0 Å². The zero-order valence-electron chi connectivity index (χ0n) is 14.7. The lowest BCUT2D eigenvalue weighted by Crippen LogP contribution is -2.33. The molecule has 0 unspecified atom stereocenters. The Bertz CT molecular complexity index is 998. The Kier molecular flexibility index (Phi) is 5.63. The molecule has 0 fully saturated rings. The van der Waals surface area contributed by atoms with E-state index in [-0.39, 0.29) is 17.9 Å². The number of alkyl halides is 3. The van der Waals surface area contributed by atoms with Crippen molar-refractivity contribution in [1.29, 1.82) is 0 Å². The molecule has 2 N–H and O–H groups in total. The lowest BCUT2D eigenvalue weighted by atomic mass is 10.0. The molecule has 2 amide bonds. The molecule has 7 heteroatoms. The van der Waals surface area contributed by atoms with Crippen LogP contribution < -0.4 is 10.6 Å². The maximum Gasteiger partial charge on any atom is 0.405 e. The number of rotatable bonds is 5. The van der Waals surface area contributed by atoms with Gasteiger partial charge in [-0.1, -0.05) is 42.5 Å². The molecule has 28 heavy (non-hydrogen) atoms. The molecule has 0 aliphatic rings. The number of carbonyl (C=O) groups excluding carboxylic acids is 2. The highest BCUT2D eigenvalue weighted by atomic mass is 19.4. The standard InChI is InChI=1S/C21H17F3N2O2/c22-21(23,24)13-25-20(28)16-7-9-18(10-8-16)26-19(27)12-14-5-6-15-3-1-2-4-17(15)11-14/h1-11H,12-13H2,(H,25,28)(H,26,27). The minimum Gasteiger partial charge on any atom is -0.343 e. The predicted octanol–water partition coefficient (Wildman–Crippen LogP) is 4.31. The van der Waals surface area contributed by atoms with Crippen LogP contribution in [0.2, 0.25) is 0 Å². The molecule has 0 bridgehead atoms. The van der Waals surface area contributed by atoms with E-state index in [1.165, 1.54) is 24.3 Å². The second kappa shape index (κ2) is 8.12. The maximum absolute atomic E-state index is 12.2. The van der Waals surface area contributed by atoms with Gasteiger partial charge in [-0.3, -0.25) is 9.59 Å². The molecule has 0 saturated carbocycles. The number of carbonyl (C=O) groups is 2. The molecule has 0 aliphatic heterocycles. The number of nitrogens with one attached hydrogen (secondary N) is 2. The number of benzene rings is 3. The first-order valence-electron chi connectivity index (χ1n) is 8.53. The van der Waals surface area contributed by atoms with Crippen LogP contribution in [0.25, 0.3) is 10.8 Å². The van der Waals surface area contributed by atoms with E-state index < -0.39 is 18.6 Å². The fourth-order valence-electron chi connectivity index (χ4n) is 2.73. The summed E-state index contributed by atoms with van der Waals surface area (Å²) in [5, 5.41) is 6.64. The average molecular weight is 386 g/mol. The van der Waals surface area contributed by atoms with Crippen LogP contribution >= 0.6 is 0 Å². The zero-order chi connectivity index (χ0) is 20.1. The molecule has 3 rings (SSSR count). The van der Waals surface area contributed by atoms with Crippen molar-refractivity contribution in [3.05, 3.63) is 77.9 Å². The van der Waals surface area contributed by atoms with Crippen molar-refractivity contribution in [1.82, 2.24) is 5.32 Å². The molecule has 0 aliphatic carbocycles. The molecule has 0 atom stereocenters. The van der Waals surface area contributed by atoms with Gasteiger partial charge in [0.2, 0.25) is 5.91 Å². The monoisotopic (exact) mass is 386 g/mol. The van der Waals surface area contributed by atoms with E-state index >= 15 is 0 Å². The Hall–Kier alpha value is -3.35. The molecule has 0 radical (unpaired) electrons. The summed E-state index contributed by atoms with van der Waals surface area (Å²) in [6.07, 6.45) is -4.29. The summed E-state index contributed by atoms with van der Waals surface area (Å²) >= 11 is 0. The second-order valence-corrected chi connectivity index (χ2v) is 6.28. The third kappa shape index (κ3) is 5.33. The van der Waals surface area contributed by atoms with Gasteiger partial charge in [-0.2, -0.15) is 13.2 Å². The molecular formula is C21H17F3N2O2. The van der Waals surface area contributed by atoms with Crippen molar-refractivity contribution < 1.29 is 22.8 Å². The molecule has 3 aromatic rings. The maximum atomic E-state index is 12.2. The molecular weight excluding hydrogens is 369 g/mol. The second-order valence-electron chi connectivity index (χ2n) is 6.28. The zero-order valence-corrected chi connectivity index (χ0v) is 14.7. The van der Waals surface area contributed by atoms with Gasteiger partial charge in [0.25, 0.3) is 5.91 Å². The van der Waals surface area contributed by atoms with Crippen molar-refractivity contribution in [3.63, 3.8) is 0 Å². The van der Waals surface area contributed by atoms with Gasteiger partial charge in [-0.05, 0) is 40.6 Å². The van der Waals surface area contributed by atoms with Gasteiger partial charge in [0.1, 0.15) is 6.54 Å². The van der Waals surface area contributed by atoms with E-state index in [4.69, 9.17) is 0 Å². The van der Waals surface area contributed by atoms with E-state index in [0.717, 1.165) is 16.3 Å². The smallest absolute Gasteiger partial charge is 0.343 e. The van der Waals surface area contributed by atoms with Gasteiger partial charge in [-0.25, -0.2) is 0 Å². The van der Waals surface area contributed by atoms with Crippen molar-refractivity contribution in [3.8, 4) is 0 Å². The van der Waals surface area contributed by atoms with Crippen LogP contribution in [0.1, 0.15) is 15.9 Å². The van der Waals surface area contributed by atoms with Crippen LogP contribution in [0.15, 0.2) is 66.7 Å². The summed E-state index contributed by atoms with van der Waals surface area (Å²) in [6, 6.07) is 19.3. The van der Waals surface area contributed by atoms with Gasteiger partial charge >= 0.3 is 6.18 Å². The Balaban J connectivity index is 1.58. The molecule has 4 nitrogen and oxygen atoms in total. The molecule has 0 spiro atoms. The minimum absolute atomic E-state index is 0.0804. The Morgan fingerprint density at radius 3 is 2.21 bits per heavy atom. The Labute approximate surface area is 159 Å². The van der Waals surface area contributed by atoms with Crippen LogP contribution in [0, 0.1) is 0 Å². The Morgan fingerprint density at radius 1 is 0.857 bits per heavy atom. The fourth-order valence-corrected chi connectivity index (χ4v) is 2.73. The van der Waals surface area contributed by atoms with Crippen molar-refractivity contribution in [2.45, 2.75) is 12.6 Å². The number of hydrogen-bond donors (Lipinski definition) is 2. The lowest BCUT2D eigenvalue weighted by molar-refractivity contribution is -0.123. The topological polar surface area (TPSA) is 58.2 Å². The van der Waals surface area contributed by atoms with Crippen LogP contribution in [0.3, 0.4) is 0 Å². The number of fused-ring (bicyclic) bond motifs is 1. The third-order valence-electron chi connectivity index (χ3n) is 4.06. The van der Waals surface area contributed by atoms with E-state index in [1.54, 1.807) is 5.32 Å². The molecule has 0 heterocycles. The fraction of sp³-hybridized carbons (Fsp3) is 0.143.